The maximum Gasteiger partial charge on any atom is 0.0439 e. The SMILES string of the molecule is NCCN1CCSCC1c1ccc(Cl)cc1. The minimum Gasteiger partial charge on any atom is -0.329 e. The van der Waals surface area contributed by atoms with Crippen molar-refractivity contribution in [1.29, 1.82) is 0 Å². The van der Waals surface area contributed by atoms with E-state index in [0.29, 0.717) is 6.04 Å². The lowest BCUT2D eigenvalue weighted by Crippen LogP contribution is -2.39. The molecule has 2 N–H and O–H groups in total. The van der Waals surface area contributed by atoms with Crippen LogP contribution in [-0.2, 0) is 0 Å². The lowest BCUT2D eigenvalue weighted by Gasteiger charge is -2.35. The van der Waals surface area contributed by atoms with Gasteiger partial charge in [0, 0.05) is 42.2 Å². The molecule has 1 atom stereocenters. The zero-order chi connectivity index (χ0) is 11.4. The summed E-state index contributed by atoms with van der Waals surface area (Å²) >= 11 is 7.93. The number of nitrogens with two attached hydrogens (primary N) is 1. The van der Waals surface area contributed by atoms with Gasteiger partial charge >= 0.3 is 0 Å². The van der Waals surface area contributed by atoms with Gasteiger partial charge < -0.3 is 5.73 Å². The van der Waals surface area contributed by atoms with Crippen LogP contribution in [0.15, 0.2) is 24.3 Å². The molecule has 1 fully saturated rings. The summed E-state index contributed by atoms with van der Waals surface area (Å²) in [5, 5.41) is 0.803. The molecule has 1 aromatic rings. The number of hydrogen-bond donors (Lipinski definition) is 1. The summed E-state index contributed by atoms with van der Waals surface area (Å²) in [6.07, 6.45) is 0. The van der Waals surface area contributed by atoms with Gasteiger partial charge in [-0.25, -0.2) is 0 Å². The van der Waals surface area contributed by atoms with Gasteiger partial charge in [-0.1, -0.05) is 23.7 Å². The summed E-state index contributed by atoms with van der Waals surface area (Å²) in [7, 11) is 0. The Labute approximate surface area is 106 Å². The summed E-state index contributed by atoms with van der Waals surface area (Å²) in [5.74, 6) is 2.37. The average Bonchev–Trinajstić information content (AvgIpc) is 2.32. The fourth-order valence-electron chi connectivity index (χ4n) is 2.06. The second kappa shape index (κ2) is 5.92. The number of thioether (sulfide) groups is 1. The van der Waals surface area contributed by atoms with Gasteiger partial charge in [-0.05, 0) is 17.7 Å². The van der Waals surface area contributed by atoms with E-state index in [1.807, 2.05) is 23.9 Å². The third-order valence-electron chi connectivity index (χ3n) is 2.91. The fourth-order valence-corrected chi connectivity index (χ4v) is 3.35. The van der Waals surface area contributed by atoms with E-state index in [1.165, 1.54) is 11.3 Å². The summed E-state index contributed by atoms with van der Waals surface area (Å²) in [4.78, 5) is 2.47. The molecule has 1 aliphatic heterocycles. The molecule has 0 amide bonds. The molecule has 1 saturated heterocycles. The van der Waals surface area contributed by atoms with Crippen molar-refractivity contribution < 1.29 is 0 Å². The Kier molecular flexibility index (Phi) is 4.53. The second-order valence-corrected chi connectivity index (χ2v) is 5.55. The van der Waals surface area contributed by atoms with Crippen molar-refractivity contribution in [2.75, 3.05) is 31.1 Å². The van der Waals surface area contributed by atoms with Gasteiger partial charge in [-0.2, -0.15) is 11.8 Å². The molecule has 2 rings (SSSR count). The van der Waals surface area contributed by atoms with E-state index in [9.17, 15) is 0 Å². The van der Waals surface area contributed by atoms with E-state index in [0.717, 1.165) is 30.4 Å². The molecule has 0 radical (unpaired) electrons. The van der Waals surface area contributed by atoms with Crippen LogP contribution in [0.3, 0.4) is 0 Å². The molecule has 16 heavy (non-hydrogen) atoms. The molecular formula is C12H17ClN2S. The van der Waals surface area contributed by atoms with Gasteiger partial charge in [0.25, 0.3) is 0 Å². The highest BCUT2D eigenvalue weighted by Gasteiger charge is 2.23. The van der Waals surface area contributed by atoms with Crippen molar-refractivity contribution >= 4 is 23.4 Å². The lowest BCUT2D eigenvalue weighted by molar-refractivity contribution is 0.227. The molecule has 4 heteroatoms. The zero-order valence-corrected chi connectivity index (χ0v) is 10.8. The van der Waals surface area contributed by atoms with Gasteiger partial charge in [-0.3, -0.25) is 4.90 Å². The predicted molar refractivity (Wildman–Crippen MR) is 72.1 cm³/mol. The molecule has 0 aromatic heterocycles. The monoisotopic (exact) mass is 256 g/mol. The highest BCUT2D eigenvalue weighted by Crippen LogP contribution is 2.29. The molecule has 1 unspecified atom stereocenters. The molecule has 1 heterocycles. The first-order valence-electron chi connectivity index (χ1n) is 5.58. The fraction of sp³-hybridized carbons (Fsp3) is 0.500. The van der Waals surface area contributed by atoms with Gasteiger partial charge in [0.15, 0.2) is 0 Å². The molecule has 1 aromatic carbocycles. The summed E-state index contributed by atoms with van der Waals surface area (Å²) in [6, 6.07) is 8.69. The third kappa shape index (κ3) is 2.92. The Morgan fingerprint density at radius 1 is 1.38 bits per heavy atom. The molecule has 0 aliphatic carbocycles. The van der Waals surface area contributed by atoms with E-state index >= 15 is 0 Å². The highest BCUT2D eigenvalue weighted by molar-refractivity contribution is 7.99. The molecule has 0 spiro atoms. The Balaban J connectivity index is 2.13. The summed E-state index contributed by atoms with van der Waals surface area (Å²) in [6.45, 7) is 2.85. The van der Waals surface area contributed by atoms with E-state index in [2.05, 4.69) is 17.0 Å². The van der Waals surface area contributed by atoms with Gasteiger partial charge in [0.1, 0.15) is 0 Å². The smallest absolute Gasteiger partial charge is 0.0439 e. The molecule has 1 aliphatic rings. The van der Waals surface area contributed by atoms with Crippen LogP contribution < -0.4 is 5.73 Å². The molecular weight excluding hydrogens is 240 g/mol. The van der Waals surface area contributed by atoms with Crippen LogP contribution in [-0.4, -0.2) is 36.0 Å². The van der Waals surface area contributed by atoms with Gasteiger partial charge in [0.2, 0.25) is 0 Å². The van der Waals surface area contributed by atoms with Crippen LogP contribution in [0.25, 0.3) is 0 Å². The maximum absolute atomic E-state index is 5.91. The maximum atomic E-state index is 5.91. The summed E-state index contributed by atoms with van der Waals surface area (Å²) < 4.78 is 0. The topological polar surface area (TPSA) is 29.3 Å². The number of nitrogens with zero attached hydrogens (tertiary/aromatic N) is 1. The zero-order valence-electron chi connectivity index (χ0n) is 9.23. The highest BCUT2D eigenvalue weighted by atomic mass is 35.5. The van der Waals surface area contributed by atoms with Crippen LogP contribution in [0, 0.1) is 0 Å². The second-order valence-electron chi connectivity index (χ2n) is 3.97. The Hall–Kier alpha value is -0.220. The number of halogens is 1. The van der Waals surface area contributed by atoms with Crippen molar-refractivity contribution in [3.63, 3.8) is 0 Å². The molecule has 2 nitrogen and oxygen atoms in total. The first kappa shape index (κ1) is 12.2. The number of hydrogen-bond acceptors (Lipinski definition) is 3. The first-order valence-corrected chi connectivity index (χ1v) is 7.12. The van der Waals surface area contributed by atoms with Crippen molar-refractivity contribution in [2.24, 2.45) is 5.73 Å². The minimum absolute atomic E-state index is 0.500. The standard InChI is InChI=1S/C12H17ClN2S/c13-11-3-1-10(2-4-11)12-9-16-8-7-15(12)6-5-14/h1-4,12H,5-9,14H2. The normalized spacial score (nSPS) is 22.2. The van der Waals surface area contributed by atoms with Crippen LogP contribution in [0.4, 0.5) is 0 Å². The molecule has 0 saturated carbocycles. The Bertz CT molecular complexity index is 326. The van der Waals surface area contributed by atoms with Crippen LogP contribution in [0.5, 0.6) is 0 Å². The largest absolute Gasteiger partial charge is 0.329 e. The quantitative estimate of drug-likeness (QED) is 0.901. The van der Waals surface area contributed by atoms with E-state index in [-0.39, 0.29) is 0 Å². The van der Waals surface area contributed by atoms with Crippen LogP contribution >= 0.6 is 23.4 Å². The van der Waals surface area contributed by atoms with E-state index < -0.39 is 0 Å². The molecule has 88 valence electrons. The van der Waals surface area contributed by atoms with Crippen LogP contribution in [0.2, 0.25) is 5.02 Å². The van der Waals surface area contributed by atoms with Crippen molar-refractivity contribution in [3.05, 3.63) is 34.9 Å². The van der Waals surface area contributed by atoms with Crippen LogP contribution in [0.1, 0.15) is 11.6 Å². The van der Waals surface area contributed by atoms with Crippen molar-refractivity contribution in [1.82, 2.24) is 4.90 Å². The van der Waals surface area contributed by atoms with Gasteiger partial charge in [0.05, 0.1) is 0 Å². The average molecular weight is 257 g/mol. The van der Waals surface area contributed by atoms with Crippen molar-refractivity contribution in [2.45, 2.75) is 6.04 Å². The Morgan fingerprint density at radius 3 is 2.81 bits per heavy atom. The molecule has 0 bridgehead atoms. The first-order chi connectivity index (χ1) is 7.81. The third-order valence-corrected chi connectivity index (χ3v) is 4.19. The van der Waals surface area contributed by atoms with E-state index in [4.69, 9.17) is 17.3 Å². The Morgan fingerprint density at radius 2 is 2.12 bits per heavy atom. The van der Waals surface area contributed by atoms with E-state index in [1.54, 1.807) is 0 Å². The summed E-state index contributed by atoms with van der Waals surface area (Å²) in [5.41, 5.74) is 7.01. The lowest BCUT2D eigenvalue weighted by atomic mass is 10.1. The van der Waals surface area contributed by atoms with Crippen molar-refractivity contribution in [3.8, 4) is 0 Å². The number of benzene rings is 1. The number of rotatable bonds is 3. The van der Waals surface area contributed by atoms with Gasteiger partial charge in [-0.15, -0.1) is 0 Å². The minimum atomic E-state index is 0.500. The predicted octanol–water partition coefficient (Wildman–Crippen LogP) is 2.39.